The molecule has 0 aliphatic carbocycles. The van der Waals surface area contributed by atoms with Gasteiger partial charge in [-0.1, -0.05) is 30.0 Å². The van der Waals surface area contributed by atoms with Crippen molar-refractivity contribution in [2.45, 2.75) is 9.79 Å². The maximum atomic E-state index is 13.6. The third-order valence-electron chi connectivity index (χ3n) is 2.30. The van der Waals surface area contributed by atoms with Crippen LogP contribution in [0.5, 0.6) is 0 Å². The monoisotopic (exact) mass is 264 g/mol. The SMILES string of the molecule is N=C(N)c1c(F)cccc1Sc1ccccc1F. The fourth-order valence-corrected chi connectivity index (χ4v) is 2.50. The number of amidine groups is 1. The van der Waals surface area contributed by atoms with Crippen LogP contribution in [0.25, 0.3) is 0 Å². The molecule has 92 valence electrons. The standard InChI is InChI=1S/C13H10F2N2S/c14-8-4-1-2-6-10(8)18-11-7-3-5-9(15)12(11)13(16)17/h1-7H,(H3,16,17). The lowest BCUT2D eigenvalue weighted by Crippen LogP contribution is -2.14. The zero-order chi connectivity index (χ0) is 13.1. The zero-order valence-electron chi connectivity index (χ0n) is 9.28. The van der Waals surface area contributed by atoms with Gasteiger partial charge in [0, 0.05) is 9.79 Å². The zero-order valence-corrected chi connectivity index (χ0v) is 10.1. The molecule has 0 amide bonds. The van der Waals surface area contributed by atoms with E-state index in [0.29, 0.717) is 9.79 Å². The van der Waals surface area contributed by atoms with Gasteiger partial charge in [0.2, 0.25) is 0 Å². The van der Waals surface area contributed by atoms with Gasteiger partial charge in [-0.25, -0.2) is 8.78 Å². The molecule has 0 aromatic heterocycles. The van der Waals surface area contributed by atoms with Crippen LogP contribution in [0.1, 0.15) is 5.56 Å². The topological polar surface area (TPSA) is 49.9 Å². The molecule has 0 aliphatic rings. The van der Waals surface area contributed by atoms with Gasteiger partial charge < -0.3 is 5.73 Å². The van der Waals surface area contributed by atoms with E-state index >= 15 is 0 Å². The molecule has 0 fully saturated rings. The van der Waals surface area contributed by atoms with Gasteiger partial charge in [-0.15, -0.1) is 0 Å². The number of rotatable bonds is 3. The van der Waals surface area contributed by atoms with Crippen molar-refractivity contribution in [3.8, 4) is 0 Å². The Kier molecular flexibility index (Phi) is 3.62. The molecule has 18 heavy (non-hydrogen) atoms. The first-order chi connectivity index (χ1) is 8.59. The molecule has 2 nitrogen and oxygen atoms in total. The summed E-state index contributed by atoms with van der Waals surface area (Å²) in [7, 11) is 0. The summed E-state index contributed by atoms with van der Waals surface area (Å²) in [5, 5.41) is 7.37. The van der Waals surface area contributed by atoms with Crippen molar-refractivity contribution in [2.24, 2.45) is 5.73 Å². The third-order valence-corrected chi connectivity index (χ3v) is 3.41. The van der Waals surface area contributed by atoms with Gasteiger partial charge in [0.25, 0.3) is 0 Å². The summed E-state index contributed by atoms with van der Waals surface area (Å²) in [6, 6.07) is 10.5. The lowest BCUT2D eigenvalue weighted by molar-refractivity contribution is 0.601. The van der Waals surface area contributed by atoms with Crippen LogP contribution in [0.4, 0.5) is 8.78 Å². The lowest BCUT2D eigenvalue weighted by atomic mass is 10.2. The minimum Gasteiger partial charge on any atom is -0.384 e. The van der Waals surface area contributed by atoms with Gasteiger partial charge in [-0.05, 0) is 24.3 Å². The van der Waals surface area contributed by atoms with E-state index in [2.05, 4.69) is 0 Å². The highest BCUT2D eigenvalue weighted by Gasteiger charge is 2.13. The fraction of sp³-hybridized carbons (Fsp3) is 0. The van der Waals surface area contributed by atoms with Crippen LogP contribution in [-0.2, 0) is 0 Å². The van der Waals surface area contributed by atoms with Crippen LogP contribution in [-0.4, -0.2) is 5.84 Å². The van der Waals surface area contributed by atoms with Crippen molar-refractivity contribution in [3.63, 3.8) is 0 Å². The largest absolute Gasteiger partial charge is 0.384 e. The molecule has 0 spiro atoms. The number of hydrogen-bond donors (Lipinski definition) is 2. The van der Waals surface area contributed by atoms with Gasteiger partial charge >= 0.3 is 0 Å². The number of halogens is 2. The van der Waals surface area contributed by atoms with E-state index in [9.17, 15) is 8.78 Å². The molecule has 0 aliphatic heterocycles. The fourth-order valence-electron chi connectivity index (χ4n) is 1.50. The summed E-state index contributed by atoms with van der Waals surface area (Å²) in [4.78, 5) is 0.790. The minimum absolute atomic E-state index is 0.00533. The molecule has 2 aromatic carbocycles. The van der Waals surface area contributed by atoms with Crippen molar-refractivity contribution >= 4 is 17.6 Å². The lowest BCUT2D eigenvalue weighted by Gasteiger charge is -2.09. The molecule has 2 rings (SSSR count). The molecule has 0 unspecified atom stereocenters. The summed E-state index contributed by atoms with van der Waals surface area (Å²) < 4.78 is 27.1. The smallest absolute Gasteiger partial charge is 0.137 e. The molecule has 0 atom stereocenters. The third kappa shape index (κ3) is 2.51. The Hall–Kier alpha value is -1.88. The average Bonchev–Trinajstić information content (AvgIpc) is 2.31. The van der Waals surface area contributed by atoms with Crippen LogP contribution in [0, 0.1) is 17.0 Å². The second-order valence-electron chi connectivity index (χ2n) is 3.56. The molecule has 3 N–H and O–H groups in total. The number of nitrogens with two attached hydrogens (primary N) is 1. The van der Waals surface area contributed by atoms with Crippen LogP contribution >= 0.6 is 11.8 Å². The van der Waals surface area contributed by atoms with E-state index < -0.39 is 5.82 Å². The first kappa shape index (κ1) is 12.6. The Morgan fingerprint density at radius 3 is 2.22 bits per heavy atom. The first-order valence-electron chi connectivity index (χ1n) is 5.15. The predicted molar refractivity (Wildman–Crippen MR) is 67.9 cm³/mol. The Bertz CT molecular complexity index is 599. The molecule has 0 saturated carbocycles. The Labute approximate surface area is 107 Å². The van der Waals surface area contributed by atoms with E-state index in [0.717, 1.165) is 11.8 Å². The molecular weight excluding hydrogens is 254 g/mol. The van der Waals surface area contributed by atoms with Crippen molar-refractivity contribution < 1.29 is 8.78 Å². The summed E-state index contributed by atoms with van der Waals surface area (Å²) >= 11 is 1.05. The molecule has 0 radical (unpaired) electrons. The van der Waals surface area contributed by atoms with Crippen LogP contribution in [0.2, 0.25) is 0 Å². The Morgan fingerprint density at radius 1 is 0.944 bits per heavy atom. The summed E-state index contributed by atoms with van der Waals surface area (Å²) in [6.07, 6.45) is 0. The molecule has 5 heteroatoms. The summed E-state index contributed by atoms with van der Waals surface area (Å²) in [5.74, 6) is -1.34. The normalized spacial score (nSPS) is 10.3. The molecule has 2 aromatic rings. The van der Waals surface area contributed by atoms with Gasteiger partial charge in [0.1, 0.15) is 17.5 Å². The van der Waals surface area contributed by atoms with Gasteiger partial charge in [-0.2, -0.15) is 0 Å². The van der Waals surface area contributed by atoms with E-state index in [1.807, 2.05) is 0 Å². The highest BCUT2D eigenvalue weighted by Crippen LogP contribution is 2.32. The minimum atomic E-state index is -0.580. The quantitative estimate of drug-likeness (QED) is 0.659. The van der Waals surface area contributed by atoms with E-state index in [4.69, 9.17) is 11.1 Å². The van der Waals surface area contributed by atoms with Crippen LogP contribution in [0.15, 0.2) is 52.3 Å². The molecule has 0 heterocycles. The van der Waals surface area contributed by atoms with Crippen molar-refractivity contribution in [1.29, 1.82) is 5.41 Å². The Morgan fingerprint density at radius 2 is 1.56 bits per heavy atom. The van der Waals surface area contributed by atoms with Gasteiger partial charge in [0.05, 0.1) is 5.56 Å². The van der Waals surface area contributed by atoms with E-state index in [-0.39, 0.29) is 17.2 Å². The maximum Gasteiger partial charge on any atom is 0.137 e. The highest BCUT2D eigenvalue weighted by molar-refractivity contribution is 7.99. The average molecular weight is 264 g/mol. The molecule has 0 bridgehead atoms. The Balaban J connectivity index is 2.44. The van der Waals surface area contributed by atoms with Crippen molar-refractivity contribution in [3.05, 3.63) is 59.7 Å². The molecule has 0 saturated heterocycles. The number of nitrogen functional groups attached to an aromatic ring is 1. The van der Waals surface area contributed by atoms with Crippen LogP contribution in [0.3, 0.4) is 0 Å². The predicted octanol–water partition coefficient (Wildman–Crippen LogP) is 3.40. The summed E-state index contributed by atoms with van der Waals surface area (Å²) in [6.45, 7) is 0. The second-order valence-corrected chi connectivity index (χ2v) is 4.64. The number of nitrogens with one attached hydrogen (secondary N) is 1. The van der Waals surface area contributed by atoms with Crippen LogP contribution < -0.4 is 5.73 Å². The van der Waals surface area contributed by atoms with E-state index in [1.165, 1.54) is 18.2 Å². The maximum absolute atomic E-state index is 13.6. The van der Waals surface area contributed by atoms with E-state index in [1.54, 1.807) is 24.3 Å². The van der Waals surface area contributed by atoms with Gasteiger partial charge in [0.15, 0.2) is 0 Å². The van der Waals surface area contributed by atoms with Crippen molar-refractivity contribution in [1.82, 2.24) is 0 Å². The van der Waals surface area contributed by atoms with Crippen molar-refractivity contribution in [2.75, 3.05) is 0 Å². The first-order valence-corrected chi connectivity index (χ1v) is 5.96. The number of hydrogen-bond acceptors (Lipinski definition) is 2. The van der Waals surface area contributed by atoms with Gasteiger partial charge in [-0.3, -0.25) is 5.41 Å². The highest BCUT2D eigenvalue weighted by atomic mass is 32.2. The summed E-state index contributed by atoms with van der Waals surface area (Å²) in [5.41, 5.74) is 5.35. The number of benzene rings is 2. The molecular formula is C13H10F2N2S. The second kappa shape index (κ2) is 5.18.